The van der Waals surface area contributed by atoms with Gasteiger partial charge in [-0.15, -0.1) is 0 Å². The van der Waals surface area contributed by atoms with E-state index in [9.17, 15) is 4.79 Å². The van der Waals surface area contributed by atoms with Crippen molar-refractivity contribution < 1.29 is 9.53 Å². The lowest BCUT2D eigenvalue weighted by molar-refractivity contribution is -0.120. The van der Waals surface area contributed by atoms with Crippen molar-refractivity contribution in [2.75, 3.05) is 36.4 Å². The third-order valence-electron chi connectivity index (χ3n) is 6.42. The van der Waals surface area contributed by atoms with Crippen LogP contribution in [0.3, 0.4) is 0 Å². The van der Waals surface area contributed by atoms with Crippen LogP contribution in [0, 0.1) is 0 Å². The van der Waals surface area contributed by atoms with Gasteiger partial charge in [-0.2, -0.15) is 5.10 Å². The molecule has 2 aromatic carbocycles. The lowest BCUT2D eigenvalue weighted by Gasteiger charge is -2.38. The van der Waals surface area contributed by atoms with Gasteiger partial charge >= 0.3 is 0 Å². The summed E-state index contributed by atoms with van der Waals surface area (Å²) >= 11 is 0. The zero-order valence-electron chi connectivity index (χ0n) is 20.0. The smallest absolute Gasteiger partial charge is 0.241 e. The average Bonchev–Trinajstić information content (AvgIpc) is 3.29. The molecular weight excluding hydrogens is 442 g/mol. The molecule has 1 fully saturated rings. The molecule has 9 nitrogen and oxygen atoms in total. The van der Waals surface area contributed by atoms with Gasteiger partial charge in [0.2, 0.25) is 5.91 Å². The predicted octanol–water partition coefficient (Wildman–Crippen LogP) is 3.09. The minimum atomic E-state index is -0.241. The number of rotatable bonds is 7. The van der Waals surface area contributed by atoms with Gasteiger partial charge in [-0.25, -0.2) is 9.97 Å². The number of fused-ring (bicyclic) bond motifs is 1. The molecule has 1 aliphatic heterocycles. The third-order valence-corrected chi connectivity index (χ3v) is 6.42. The summed E-state index contributed by atoms with van der Waals surface area (Å²) in [6.07, 6.45) is 3.39. The maximum atomic E-state index is 12.9. The van der Waals surface area contributed by atoms with Gasteiger partial charge in [-0.3, -0.25) is 14.4 Å². The Kier molecular flexibility index (Phi) is 6.58. The lowest BCUT2D eigenvalue weighted by Crippen LogP contribution is -2.53. The van der Waals surface area contributed by atoms with Crippen molar-refractivity contribution in [1.29, 1.82) is 0 Å². The van der Waals surface area contributed by atoms with Crippen LogP contribution in [0.4, 0.5) is 11.5 Å². The molecule has 1 N–H and O–H groups in total. The summed E-state index contributed by atoms with van der Waals surface area (Å²) in [5, 5.41) is 8.28. The molecular formula is C26H29N7O2. The number of aromatic nitrogens is 4. The second kappa shape index (κ2) is 10.1. The average molecular weight is 472 g/mol. The Bertz CT molecular complexity index is 1280. The van der Waals surface area contributed by atoms with Gasteiger partial charge in [-0.1, -0.05) is 30.3 Å². The van der Waals surface area contributed by atoms with Crippen molar-refractivity contribution in [3.63, 3.8) is 0 Å². The van der Waals surface area contributed by atoms with Gasteiger partial charge in [0.25, 0.3) is 0 Å². The van der Waals surface area contributed by atoms with Gasteiger partial charge in [0, 0.05) is 38.9 Å². The normalized spacial score (nSPS) is 15.2. The molecule has 3 heterocycles. The minimum Gasteiger partial charge on any atom is -0.489 e. The first-order valence-corrected chi connectivity index (χ1v) is 11.8. The van der Waals surface area contributed by atoms with E-state index < -0.39 is 0 Å². The summed E-state index contributed by atoms with van der Waals surface area (Å²) in [6, 6.07) is 17.3. The maximum Gasteiger partial charge on any atom is 0.241 e. The van der Waals surface area contributed by atoms with Crippen LogP contribution in [0.15, 0.2) is 67.1 Å². The fraction of sp³-hybridized carbons (Fsp3) is 0.308. The number of nitrogens with zero attached hydrogens (tertiary/aromatic N) is 6. The van der Waals surface area contributed by atoms with E-state index in [1.54, 1.807) is 11.0 Å². The van der Waals surface area contributed by atoms with Crippen LogP contribution in [0.25, 0.3) is 11.0 Å². The lowest BCUT2D eigenvalue weighted by atomic mass is 10.2. The van der Waals surface area contributed by atoms with E-state index in [2.05, 4.69) is 30.2 Å². The van der Waals surface area contributed by atoms with E-state index in [1.165, 1.54) is 0 Å². The molecule has 1 aliphatic rings. The second-order valence-corrected chi connectivity index (χ2v) is 8.69. The van der Waals surface area contributed by atoms with Crippen molar-refractivity contribution >= 4 is 28.4 Å². The van der Waals surface area contributed by atoms with Crippen molar-refractivity contribution in [3.8, 4) is 5.75 Å². The third kappa shape index (κ3) is 5.09. The summed E-state index contributed by atoms with van der Waals surface area (Å²) in [6.45, 7) is 5.57. The topological polar surface area (TPSA) is 88.4 Å². The Balaban J connectivity index is 1.13. The predicted molar refractivity (Wildman–Crippen MR) is 135 cm³/mol. The first-order valence-electron chi connectivity index (χ1n) is 11.8. The zero-order valence-corrected chi connectivity index (χ0v) is 20.0. The number of amides is 1. The molecule has 35 heavy (non-hydrogen) atoms. The van der Waals surface area contributed by atoms with Gasteiger partial charge in [-0.05, 0) is 36.8 Å². The summed E-state index contributed by atoms with van der Waals surface area (Å²) < 4.78 is 7.58. The number of benzene rings is 2. The quantitative estimate of drug-likeness (QED) is 0.443. The van der Waals surface area contributed by atoms with Crippen LogP contribution >= 0.6 is 0 Å². The highest BCUT2D eigenvalue weighted by Gasteiger charge is 2.27. The van der Waals surface area contributed by atoms with Crippen LogP contribution < -0.4 is 15.0 Å². The molecule has 0 aliphatic carbocycles. The maximum absolute atomic E-state index is 12.9. The van der Waals surface area contributed by atoms with E-state index in [1.807, 2.05) is 74.8 Å². The molecule has 1 saturated heterocycles. The van der Waals surface area contributed by atoms with E-state index in [-0.39, 0.29) is 11.9 Å². The molecule has 1 amide bonds. The minimum absolute atomic E-state index is 0.0203. The van der Waals surface area contributed by atoms with Gasteiger partial charge in [0.05, 0.1) is 17.6 Å². The fourth-order valence-corrected chi connectivity index (χ4v) is 4.31. The number of anilines is 2. The van der Waals surface area contributed by atoms with Crippen molar-refractivity contribution in [3.05, 3.63) is 72.7 Å². The van der Waals surface area contributed by atoms with E-state index in [0.29, 0.717) is 6.61 Å². The first kappa shape index (κ1) is 22.8. The molecule has 0 radical (unpaired) electrons. The number of hydrogen-bond acceptors (Lipinski definition) is 7. The molecule has 9 heteroatoms. The van der Waals surface area contributed by atoms with E-state index in [0.717, 1.165) is 60.0 Å². The number of aryl methyl sites for hydroxylation is 1. The van der Waals surface area contributed by atoms with Crippen molar-refractivity contribution in [2.45, 2.75) is 19.6 Å². The molecule has 4 aromatic rings. The van der Waals surface area contributed by atoms with E-state index in [4.69, 9.17) is 4.74 Å². The second-order valence-electron chi connectivity index (χ2n) is 8.69. The Morgan fingerprint density at radius 1 is 1.03 bits per heavy atom. The zero-order chi connectivity index (χ0) is 24.2. The largest absolute Gasteiger partial charge is 0.489 e. The number of carbonyl (C=O) groups excluding carboxylic acids is 1. The van der Waals surface area contributed by atoms with Crippen molar-refractivity contribution in [2.24, 2.45) is 7.05 Å². The molecule has 5 rings (SSSR count). The van der Waals surface area contributed by atoms with Gasteiger partial charge in [0.1, 0.15) is 24.5 Å². The molecule has 1 atom stereocenters. The van der Waals surface area contributed by atoms with Crippen LogP contribution in [0.5, 0.6) is 5.75 Å². The number of carbonyl (C=O) groups is 1. The number of nitrogens with one attached hydrogen (secondary N) is 1. The molecule has 180 valence electrons. The first-order chi connectivity index (χ1) is 17.1. The molecule has 1 unspecified atom stereocenters. The highest BCUT2D eigenvalue weighted by molar-refractivity contribution is 5.94. The Morgan fingerprint density at radius 2 is 1.77 bits per heavy atom. The molecule has 0 saturated carbocycles. The fourth-order valence-electron chi connectivity index (χ4n) is 4.31. The van der Waals surface area contributed by atoms with Crippen molar-refractivity contribution in [1.82, 2.24) is 24.6 Å². The van der Waals surface area contributed by atoms with Crippen LogP contribution in [0.1, 0.15) is 12.5 Å². The van der Waals surface area contributed by atoms with Gasteiger partial charge < -0.3 is 15.0 Å². The molecule has 2 aromatic heterocycles. The van der Waals surface area contributed by atoms with E-state index >= 15 is 0 Å². The van der Waals surface area contributed by atoms with Crippen LogP contribution in [-0.4, -0.2) is 62.8 Å². The number of hydrogen-bond donors (Lipinski definition) is 1. The highest BCUT2D eigenvalue weighted by atomic mass is 16.5. The van der Waals surface area contributed by atoms with Crippen LogP contribution in [-0.2, 0) is 18.4 Å². The molecule has 0 spiro atoms. The Hall–Kier alpha value is -3.98. The standard InChI is InChI=1S/C26H29N7O2/c1-19(26(34)30-21-8-10-22(11-9-21)35-17-20-6-4-3-5-7-20)32-12-14-33(15-13-32)25-23-16-29-31(2)24(23)27-18-28-25/h3-11,16,18-19H,12-15,17H2,1-2H3,(H,30,34). The Labute approximate surface area is 204 Å². The van der Waals surface area contributed by atoms with Crippen LogP contribution in [0.2, 0.25) is 0 Å². The Morgan fingerprint density at radius 3 is 2.51 bits per heavy atom. The summed E-state index contributed by atoms with van der Waals surface area (Å²) in [5.74, 6) is 1.64. The number of ether oxygens (including phenoxy) is 1. The summed E-state index contributed by atoms with van der Waals surface area (Å²) in [7, 11) is 1.88. The SMILES string of the molecule is CC(C(=O)Nc1ccc(OCc2ccccc2)cc1)N1CCN(c2ncnc3c2cnn3C)CC1. The molecule has 0 bridgehead atoms. The van der Waals surface area contributed by atoms with Gasteiger partial charge in [0.15, 0.2) is 5.65 Å². The summed E-state index contributed by atoms with van der Waals surface area (Å²) in [5.41, 5.74) is 2.69. The number of piperazine rings is 1. The monoisotopic (exact) mass is 471 g/mol. The highest BCUT2D eigenvalue weighted by Crippen LogP contribution is 2.24. The summed E-state index contributed by atoms with van der Waals surface area (Å²) in [4.78, 5) is 26.2.